The Morgan fingerprint density at radius 2 is 1.71 bits per heavy atom. The van der Waals surface area contributed by atoms with E-state index in [1.165, 1.54) is 18.2 Å². The van der Waals surface area contributed by atoms with Crippen LogP contribution in [0.1, 0.15) is 5.56 Å². The maximum absolute atomic E-state index is 10.3. The average Bonchev–Trinajstić information content (AvgIpc) is 2.01. The number of carboxylic acid groups (broad SMARTS) is 1. The SMILES string of the molecule is O=C(O)/C=C/c1c(Cl)cc(Cl)cc1Cl. The molecule has 0 atom stereocenters. The van der Waals surface area contributed by atoms with Crippen LogP contribution < -0.4 is 0 Å². The minimum absolute atomic E-state index is 0.319. The molecular formula is C9H5Cl3O2. The van der Waals surface area contributed by atoms with Crippen LogP contribution in [0.25, 0.3) is 6.08 Å². The molecule has 0 aliphatic rings. The van der Waals surface area contributed by atoms with Gasteiger partial charge in [0, 0.05) is 16.7 Å². The van der Waals surface area contributed by atoms with Gasteiger partial charge < -0.3 is 5.11 Å². The van der Waals surface area contributed by atoms with E-state index in [-0.39, 0.29) is 0 Å². The number of aliphatic carboxylic acids is 1. The third kappa shape index (κ3) is 2.91. The predicted octanol–water partition coefficient (Wildman–Crippen LogP) is 3.74. The minimum Gasteiger partial charge on any atom is -0.478 e. The van der Waals surface area contributed by atoms with E-state index in [0.717, 1.165) is 6.08 Å². The second kappa shape index (κ2) is 4.69. The van der Waals surface area contributed by atoms with E-state index in [4.69, 9.17) is 39.9 Å². The van der Waals surface area contributed by atoms with Gasteiger partial charge in [0.25, 0.3) is 0 Å². The van der Waals surface area contributed by atoms with E-state index < -0.39 is 5.97 Å². The molecular weight excluding hydrogens is 246 g/mol. The van der Waals surface area contributed by atoms with Crippen LogP contribution >= 0.6 is 34.8 Å². The van der Waals surface area contributed by atoms with Gasteiger partial charge in [0.1, 0.15) is 0 Å². The number of benzene rings is 1. The molecule has 0 spiro atoms. The van der Waals surface area contributed by atoms with Crippen LogP contribution in [0.15, 0.2) is 18.2 Å². The van der Waals surface area contributed by atoms with Crippen LogP contribution in [0.3, 0.4) is 0 Å². The molecule has 0 bridgehead atoms. The summed E-state index contributed by atoms with van der Waals surface area (Å²) in [6.07, 6.45) is 2.28. The molecule has 0 saturated carbocycles. The van der Waals surface area contributed by atoms with Gasteiger partial charge in [0.05, 0.1) is 10.0 Å². The van der Waals surface area contributed by atoms with Crippen molar-refractivity contribution in [2.45, 2.75) is 0 Å². The minimum atomic E-state index is -1.06. The fraction of sp³-hybridized carbons (Fsp3) is 0. The Morgan fingerprint density at radius 3 is 2.14 bits per heavy atom. The van der Waals surface area contributed by atoms with E-state index >= 15 is 0 Å². The molecule has 0 amide bonds. The second-order valence-corrected chi connectivity index (χ2v) is 3.71. The number of hydrogen-bond acceptors (Lipinski definition) is 1. The fourth-order valence-electron chi connectivity index (χ4n) is 0.867. The van der Waals surface area contributed by atoms with Gasteiger partial charge in [-0.2, -0.15) is 0 Å². The van der Waals surface area contributed by atoms with E-state index in [9.17, 15) is 4.79 Å². The molecule has 0 fully saturated rings. The molecule has 0 aliphatic carbocycles. The van der Waals surface area contributed by atoms with E-state index in [0.29, 0.717) is 20.6 Å². The van der Waals surface area contributed by atoms with Crippen molar-refractivity contribution in [2.75, 3.05) is 0 Å². The Labute approximate surface area is 95.7 Å². The number of hydrogen-bond donors (Lipinski definition) is 1. The van der Waals surface area contributed by atoms with E-state index in [1.54, 1.807) is 0 Å². The van der Waals surface area contributed by atoms with Crippen molar-refractivity contribution in [3.05, 3.63) is 38.8 Å². The van der Waals surface area contributed by atoms with Gasteiger partial charge in [-0.25, -0.2) is 4.79 Å². The van der Waals surface area contributed by atoms with Crippen molar-refractivity contribution >= 4 is 46.8 Å². The first-order chi connectivity index (χ1) is 6.50. The summed E-state index contributed by atoms with van der Waals surface area (Å²) in [7, 11) is 0. The van der Waals surface area contributed by atoms with Crippen molar-refractivity contribution in [2.24, 2.45) is 0 Å². The highest BCUT2D eigenvalue weighted by Gasteiger charge is 2.04. The summed E-state index contributed by atoms with van der Waals surface area (Å²) < 4.78 is 0. The molecule has 1 N–H and O–H groups in total. The van der Waals surface area contributed by atoms with Crippen molar-refractivity contribution in [3.8, 4) is 0 Å². The molecule has 0 aliphatic heterocycles. The van der Waals surface area contributed by atoms with E-state index in [1.807, 2.05) is 0 Å². The summed E-state index contributed by atoms with van der Waals surface area (Å²) in [6, 6.07) is 2.99. The molecule has 5 heteroatoms. The lowest BCUT2D eigenvalue weighted by molar-refractivity contribution is -0.131. The first-order valence-corrected chi connectivity index (χ1v) is 4.69. The van der Waals surface area contributed by atoms with Gasteiger partial charge in [0.15, 0.2) is 0 Å². The summed E-state index contributed by atoms with van der Waals surface area (Å²) in [5, 5.41) is 9.46. The molecule has 0 radical (unpaired) electrons. The van der Waals surface area contributed by atoms with Gasteiger partial charge in [-0.3, -0.25) is 0 Å². The van der Waals surface area contributed by atoms with Gasteiger partial charge >= 0.3 is 5.97 Å². The summed E-state index contributed by atoms with van der Waals surface area (Å²) in [5.74, 6) is -1.06. The summed E-state index contributed by atoms with van der Waals surface area (Å²) >= 11 is 17.3. The zero-order valence-electron chi connectivity index (χ0n) is 6.80. The maximum atomic E-state index is 10.3. The van der Waals surface area contributed by atoms with Crippen LogP contribution in [-0.2, 0) is 4.79 Å². The number of carbonyl (C=O) groups is 1. The zero-order valence-corrected chi connectivity index (χ0v) is 9.07. The van der Waals surface area contributed by atoms with Crippen LogP contribution in [-0.4, -0.2) is 11.1 Å². The Kier molecular flexibility index (Phi) is 3.81. The normalized spacial score (nSPS) is 10.8. The first-order valence-electron chi connectivity index (χ1n) is 3.56. The molecule has 74 valence electrons. The summed E-state index contributed by atoms with van der Waals surface area (Å²) in [4.78, 5) is 10.3. The summed E-state index contributed by atoms with van der Waals surface area (Å²) in [6.45, 7) is 0. The maximum Gasteiger partial charge on any atom is 0.328 e. The molecule has 0 saturated heterocycles. The number of carboxylic acids is 1. The third-order valence-corrected chi connectivity index (χ3v) is 2.28. The molecule has 1 rings (SSSR count). The molecule has 0 aromatic heterocycles. The lowest BCUT2D eigenvalue weighted by atomic mass is 10.2. The van der Waals surface area contributed by atoms with Crippen molar-refractivity contribution in [3.63, 3.8) is 0 Å². The Bertz CT molecular complexity index is 376. The first kappa shape index (κ1) is 11.4. The topological polar surface area (TPSA) is 37.3 Å². The van der Waals surface area contributed by atoms with E-state index in [2.05, 4.69) is 0 Å². The van der Waals surface area contributed by atoms with Crippen molar-refractivity contribution in [1.29, 1.82) is 0 Å². The standard InChI is InChI=1S/C9H5Cl3O2/c10-5-3-7(11)6(8(12)4-5)1-2-9(13)14/h1-4H,(H,13,14)/b2-1+. The number of rotatable bonds is 2. The van der Waals surface area contributed by atoms with Gasteiger partial charge in [-0.1, -0.05) is 34.8 Å². The van der Waals surface area contributed by atoms with Crippen LogP contribution in [0.4, 0.5) is 0 Å². The Balaban J connectivity index is 3.15. The average molecular weight is 251 g/mol. The molecule has 1 aromatic rings. The second-order valence-electron chi connectivity index (χ2n) is 2.45. The molecule has 0 unspecified atom stereocenters. The van der Waals surface area contributed by atoms with Gasteiger partial charge in [-0.15, -0.1) is 0 Å². The highest BCUT2D eigenvalue weighted by molar-refractivity contribution is 6.40. The molecule has 0 heterocycles. The van der Waals surface area contributed by atoms with Crippen LogP contribution in [0.5, 0.6) is 0 Å². The Morgan fingerprint density at radius 1 is 1.21 bits per heavy atom. The molecule has 14 heavy (non-hydrogen) atoms. The monoisotopic (exact) mass is 250 g/mol. The smallest absolute Gasteiger partial charge is 0.328 e. The Hall–Kier alpha value is -0.700. The van der Waals surface area contributed by atoms with Gasteiger partial charge in [-0.05, 0) is 18.2 Å². The van der Waals surface area contributed by atoms with Crippen LogP contribution in [0, 0.1) is 0 Å². The fourth-order valence-corrected chi connectivity index (χ4v) is 1.81. The largest absolute Gasteiger partial charge is 0.478 e. The highest BCUT2D eigenvalue weighted by Crippen LogP contribution is 2.29. The van der Waals surface area contributed by atoms with Crippen LogP contribution in [0.2, 0.25) is 15.1 Å². The van der Waals surface area contributed by atoms with Gasteiger partial charge in [0.2, 0.25) is 0 Å². The summed E-state index contributed by atoms with van der Waals surface area (Å²) in [5.41, 5.74) is 0.445. The highest BCUT2D eigenvalue weighted by atomic mass is 35.5. The number of halogens is 3. The molecule has 1 aromatic carbocycles. The lowest BCUT2D eigenvalue weighted by Gasteiger charge is -2.01. The van der Waals surface area contributed by atoms with Crippen molar-refractivity contribution < 1.29 is 9.90 Å². The zero-order chi connectivity index (χ0) is 10.7. The molecule has 2 nitrogen and oxygen atoms in total. The predicted molar refractivity (Wildman–Crippen MR) is 58.1 cm³/mol. The third-order valence-electron chi connectivity index (χ3n) is 1.44. The quantitative estimate of drug-likeness (QED) is 0.813. The van der Waals surface area contributed by atoms with Crippen molar-refractivity contribution in [1.82, 2.24) is 0 Å². The lowest BCUT2D eigenvalue weighted by Crippen LogP contribution is -1.86.